The van der Waals surface area contributed by atoms with Crippen molar-refractivity contribution in [1.29, 1.82) is 0 Å². The first-order valence-corrected chi connectivity index (χ1v) is 7.93. The van der Waals surface area contributed by atoms with Gasteiger partial charge in [-0.05, 0) is 55.8 Å². The molecule has 110 valence electrons. The van der Waals surface area contributed by atoms with Crippen LogP contribution in [-0.2, 0) is 17.7 Å². The van der Waals surface area contributed by atoms with Gasteiger partial charge in [-0.1, -0.05) is 12.1 Å². The van der Waals surface area contributed by atoms with Crippen LogP contribution in [0.25, 0.3) is 0 Å². The summed E-state index contributed by atoms with van der Waals surface area (Å²) in [5, 5.41) is 3.48. The molecule has 0 spiro atoms. The summed E-state index contributed by atoms with van der Waals surface area (Å²) in [6.45, 7) is 5.27. The maximum absolute atomic E-state index is 5.44. The highest BCUT2D eigenvalue weighted by atomic mass is 16.5. The lowest BCUT2D eigenvalue weighted by atomic mass is 9.98. The highest BCUT2D eigenvalue weighted by molar-refractivity contribution is 5.54. The van der Waals surface area contributed by atoms with E-state index in [-0.39, 0.29) is 0 Å². The van der Waals surface area contributed by atoms with E-state index in [1.165, 1.54) is 49.0 Å². The molecule has 3 heteroatoms. The van der Waals surface area contributed by atoms with E-state index < -0.39 is 0 Å². The molecule has 0 aromatic heterocycles. The molecular weight excluding hydrogens is 248 g/mol. The molecular formula is C17H26N2O. The molecule has 0 aliphatic carbocycles. The zero-order chi connectivity index (χ0) is 13.8. The molecule has 1 aromatic rings. The Morgan fingerprint density at radius 2 is 2.15 bits per heavy atom. The van der Waals surface area contributed by atoms with Gasteiger partial charge < -0.3 is 15.0 Å². The molecule has 1 fully saturated rings. The number of hydrogen-bond donors (Lipinski definition) is 1. The van der Waals surface area contributed by atoms with Crippen molar-refractivity contribution in [3.63, 3.8) is 0 Å². The van der Waals surface area contributed by atoms with Gasteiger partial charge in [0, 0.05) is 38.5 Å². The van der Waals surface area contributed by atoms with E-state index in [1.54, 1.807) is 0 Å². The zero-order valence-corrected chi connectivity index (χ0v) is 12.5. The lowest BCUT2D eigenvalue weighted by Gasteiger charge is -2.27. The second-order valence-electron chi connectivity index (χ2n) is 6.27. The Morgan fingerprint density at radius 3 is 3.00 bits per heavy atom. The smallest absolute Gasteiger partial charge is 0.0469 e. The number of nitrogens with zero attached hydrogens (tertiary/aromatic N) is 1. The van der Waals surface area contributed by atoms with Gasteiger partial charge in [0.05, 0.1) is 0 Å². The van der Waals surface area contributed by atoms with Gasteiger partial charge in [-0.2, -0.15) is 0 Å². The summed E-state index contributed by atoms with van der Waals surface area (Å²) in [5.41, 5.74) is 4.28. The molecule has 3 nitrogen and oxygen atoms in total. The Bertz CT molecular complexity index is 441. The van der Waals surface area contributed by atoms with Gasteiger partial charge in [0.2, 0.25) is 0 Å². The summed E-state index contributed by atoms with van der Waals surface area (Å²) in [5.74, 6) is 0.813. The van der Waals surface area contributed by atoms with E-state index in [2.05, 4.69) is 35.5 Å². The topological polar surface area (TPSA) is 24.5 Å². The first-order chi connectivity index (χ1) is 9.81. The molecule has 0 radical (unpaired) electrons. The summed E-state index contributed by atoms with van der Waals surface area (Å²) in [6, 6.07) is 6.92. The average molecular weight is 274 g/mol. The third-order valence-corrected chi connectivity index (χ3v) is 4.47. The number of nitrogens with one attached hydrogen (secondary N) is 1. The SMILES string of the molecule is CN(Cc1ccc2c(c1)CCCN2)CC1CCOCC1. The highest BCUT2D eigenvalue weighted by Crippen LogP contribution is 2.24. The Morgan fingerprint density at radius 1 is 1.30 bits per heavy atom. The number of rotatable bonds is 4. The molecule has 2 heterocycles. The van der Waals surface area contributed by atoms with Crippen LogP contribution in [0, 0.1) is 5.92 Å². The fraction of sp³-hybridized carbons (Fsp3) is 0.647. The van der Waals surface area contributed by atoms with Crippen LogP contribution >= 0.6 is 0 Å². The minimum Gasteiger partial charge on any atom is -0.385 e. The Hall–Kier alpha value is -1.06. The maximum atomic E-state index is 5.44. The van der Waals surface area contributed by atoms with Crippen LogP contribution in [0.4, 0.5) is 5.69 Å². The zero-order valence-electron chi connectivity index (χ0n) is 12.5. The van der Waals surface area contributed by atoms with Crippen molar-refractivity contribution >= 4 is 5.69 Å². The van der Waals surface area contributed by atoms with Crippen molar-refractivity contribution in [3.8, 4) is 0 Å². The van der Waals surface area contributed by atoms with Crippen LogP contribution in [0.2, 0.25) is 0 Å². The third-order valence-electron chi connectivity index (χ3n) is 4.47. The quantitative estimate of drug-likeness (QED) is 0.913. The largest absolute Gasteiger partial charge is 0.385 e. The molecule has 0 amide bonds. The summed E-state index contributed by atoms with van der Waals surface area (Å²) in [4.78, 5) is 2.47. The Labute approximate surface area is 122 Å². The summed E-state index contributed by atoms with van der Waals surface area (Å²) in [6.07, 6.45) is 4.92. The Kier molecular flexibility index (Phi) is 4.58. The predicted molar refractivity (Wildman–Crippen MR) is 83.1 cm³/mol. The van der Waals surface area contributed by atoms with Crippen LogP contribution in [-0.4, -0.2) is 38.3 Å². The summed E-state index contributed by atoms with van der Waals surface area (Å²) < 4.78 is 5.44. The van der Waals surface area contributed by atoms with Gasteiger partial charge in [-0.3, -0.25) is 0 Å². The molecule has 2 aliphatic rings. The van der Waals surface area contributed by atoms with E-state index in [0.717, 1.165) is 32.2 Å². The summed E-state index contributed by atoms with van der Waals surface area (Å²) >= 11 is 0. The highest BCUT2D eigenvalue weighted by Gasteiger charge is 2.16. The summed E-state index contributed by atoms with van der Waals surface area (Å²) in [7, 11) is 2.24. The minimum atomic E-state index is 0.813. The number of hydrogen-bond acceptors (Lipinski definition) is 3. The molecule has 1 N–H and O–H groups in total. The number of fused-ring (bicyclic) bond motifs is 1. The predicted octanol–water partition coefficient (Wildman–Crippen LogP) is 2.90. The van der Waals surface area contributed by atoms with E-state index in [0.29, 0.717) is 0 Å². The molecule has 2 aliphatic heterocycles. The first kappa shape index (κ1) is 13.9. The van der Waals surface area contributed by atoms with Gasteiger partial charge in [-0.15, -0.1) is 0 Å². The Balaban J connectivity index is 1.56. The fourth-order valence-electron chi connectivity index (χ4n) is 3.37. The lowest BCUT2D eigenvalue weighted by Crippen LogP contribution is -2.29. The number of benzene rings is 1. The molecule has 0 unspecified atom stereocenters. The third kappa shape index (κ3) is 3.53. The van der Waals surface area contributed by atoms with Crippen molar-refractivity contribution in [2.75, 3.05) is 38.7 Å². The molecule has 0 saturated carbocycles. The van der Waals surface area contributed by atoms with Crippen molar-refractivity contribution in [2.24, 2.45) is 5.92 Å². The van der Waals surface area contributed by atoms with E-state index in [4.69, 9.17) is 4.74 Å². The van der Waals surface area contributed by atoms with E-state index in [9.17, 15) is 0 Å². The van der Waals surface area contributed by atoms with E-state index in [1.807, 2.05) is 0 Å². The van der Waals surface area contributed by atoms with Gasteiger partial charge >= 0.3 is 0 Å². The van der Waals surface area contributed by atoms with Crippen molar-refractivity contribution in [3.05, 3.63) is 29.3 Å². The molecule has 1 saturated heterocycles. The van der Waals surface area contributed by atoms with Crippen LogP contribution in [0.1, 0.15) is 30.4 Å². The van der Waals surface area contributed by atoms with Crippen LogP contribution in [0.5, 0.6) is 0 Å². The van der Waals surface area contributed by atoms with Crippen molar-refractivity contribution in [1.82, 2.24) is 4.90 Å². The second-order valence-corrected chi connectivity index (χ2v) is 6.27. The van der Waals surface area contributed by atoms with E-state index >= 15 is 0 Å². The number of ether oxygens (including phenoxy) is 1. The molecule has 1 aromatic carbocycles. The normalized spacial score (nSPS) is 19.7. The number of anilines is 1. The van der Waals surface area contributed by atoms with Gasteiger partial charge in [-0.25, -0.2) is 0 Å². The molecule has 3 rings (SSSR count). The standard InChI is InChI=1S/C17H26N2O/c1-19(12-14-6-9-20-10-7-14)13-15-4-5-17-16(11-15)3-2-8-18-17/h4-5,11,14,18H,2-3,6-10,12-13H2,1H3. The van der Waals surface area contributed by atoms with Crippen LogP contribution in [0.15, 0.2) is 18.2 Å². The van der Waals surface area contributed by atoms with Crippen molar-refractivity contribution in [2.45, 2.75) is 32.2 Å². The van der Waals surface area contributed by atoms with Crippen molar-refractivity contribution < 1.29 is 4.74 Å². The van der Waals surface area contributed by atoms with Gasteiger partial charge in [0.15, 0.2) is 0 Å². The van der Waals surface area contributed by atoms with Crippen LogP contribution < -0.4 is 5.32 Å². The second kappa shape index (κ2) is 6.59. The van der Waals surface area contributed by atoms with Crippen LogP contribution in [0.3, 0.4) is 0 Å². The fourth-order valence-corrected chi connectivity index (χ4v) is 3.37. The molecule has 0 atom stereocenters. The molecule has 20 heavy (non-hydrogen) atoms. The minimum absolute atomic E-state index is 0.813. The number of aryl methyl sites for hydroxylation is 1. The van der Waals surface area contributed by atoms with Gasteiger partial charge in [0.25, 0.3) is 0 Å². The molecule has 0 bridgehead atoms. The maximum Gasteiger partial charge on any atom is 0.0469 e. The monoisotopic (exact) mass is 274 g/mol. The van der Waals surface area contributed by atoms with Gasteiger partial charge in [0.1, 0.15) is 0 Å². The first-order valence-electron chi connectivity index (χ1n) is 7.93. The average Bonchev–Trinajstić information content (AvgIpc) is 2.48. The lowest BCUT2D eigenvalue weighted by molar-refractivity contribution is 0.0549.